The predicted octanol–water partition coefficient (Wildman–Crippen LogP) is 0.807. The number of halogens is 1. The van der Waals surface area contributed by atoms with Crippen LogP contribution in [0.5, 0.6) is 5.75 Å². The van der Waals surface area contributed by atoms with Gasteiger partial charge in [-0.3, -0.25) is 28.9 Å². The summed E-state index contributed by atoms with van der Waals surface area (Å²) < 4.78 is 16.8. The fraction of sp³-hybridized carbons (Fsp3) is 0.568. The number of anilines is 1. The van der Waals surface area contributed by atoms with Crippen LogP contribution in [0.15, 0.2) is 58.6 Å². The molecule has 16 nitrogen and oxygen atoms in total. The molecule has 0 bridgehead atoms. The van der Waals surface area contributed by atoms with Crippen molar-refractivity contribution in [3.63, 3.8) is 0 Å². The maximum absolute atomic E-state index is 16.8. The van der Waals surface area contributed by atoms with E-state index in [1.54, 1.807) is 53.0 Å². The van der Waals surface area contributed by atoms with Crippen LogP contribution in [0.25, 0.3) is 0 Å². The number of hydrogen-bond donors (Lipinski definition) is 9. The van der Waals surface area contributed by atoms with Crippen molar-refractivity contribution >= 4 is 34.7 Å². The number of primary amides is 1. The fourth-order valence-electron chi connectivity index (χ4n) is 12.5. The lowest BCUT2D eigenvalue weighted by molar-refractivity contribution is -0.222. The maximum Gasteiger partial charge on any atom is 0.255 e. The summed E-state index contributed by atoms with van der Waals surface area (Å²) in [6.45, 7) is 2.33. The summed E-state index contributed by atoms with van der Waals surface area (Å²) in [5.41, 5.74) is -3.10. The molecule has 0 spiro atoms. The van der Waals surface area contributed by atoms with Crippen molar-refractivity contribution in [2.75, 3.05) is 39.7 Å². The summed E-state index contributed by atoms with van der Waals surface area (Å²) in [6, 6.07) is 2.06. The summed E-state index contributed by atoms with van der Waals surface area (Å²) in [5.74, 6) is -8.91. The molecule has 10 N–H and O–H groups in total. The average Bonchev–Trinajstić information content (AvgIpc) is 3.37. The van der Waals surface area contributed by atoms with Crippen LogP contribution < -0.4 is 10.6 Å². The number of fused-ring (bicyclic) bond motifs is 8. The van der Waals surface area contributed by atoms with E-state index < -0.39 is 117 Å². The quantitative estimate of drug-likeness (QED) is 0.186. The van der Waals surface area contributed by atoms with E-state index >= 15 is 4.39 Å². The molecule has 8 rings (SSSR count). The smallest absolute Gasteiger partial charge is 0.255 e. The van der Waals surface area contributed by atoms with Gasteiger partial charge in [0.25, 0.3) is 5.91 Å². The molecule has 1 aromatic rings. The molecule has 0 radical (unpaired) electrons. The van der Waals surface area contributed by atoms with Crippen LogP contribution in [0.1, 0.15) is 61.9 Å². The number of rotatable bonds is 5. The minimum absolute atomic E-state index is 0.00184. The van der Waals surface area contributed by atoms with E-state index in [0.717, 1.165) is 5.69 Å². The van der Waals surface area contributed by atoms with Crippen molar-refractivity contribution in [1.29, 1.82) is 0 Å². The molecule has 3 saturated carbocycles. The molecule has 12 atom stereocenters. The van der Waals surface area contributed by atoms with Gasteiger partial charge in [0.05, 0.1) is 23.8 Å². The number of aliphatic hydroxyl groups is 7. The first kappa shape index (κ1) is 44.3. The zero-order valence-corrected chi connectivity index (χ0v) is 34.8. The number of phenols is 1. The number of Topliss-reactive ketones (excluding diaryl/α,β-unsaturated/α-hetero) is 3. The van der Waals surface area contributed by atoms with Gasteiger partial charge in [-0.2, -0.15) is 0 Å². The first-order valence-electron chi connectivity index (χ1n) is 20.3. The maximum atomic E-state index is 16.8. The molecule has 61 heavy (non-hydrogen) atoms. The van der Waals surface area contributed by atoms with E-state index in [1.165, 1.54) is 29.2 Å². The molecule has 330 valence electrons. The van der Waals surface area contributed by atoms with Gasteiger partial charge in [0.2, 0.25) is 5.78 Å². The third-order valence-corrected chi connectivity index (χ3v) is 15.5. The Hall–Kier alpha value is -4.78. The highest BCUT2D eigenvalue weighted by Crippen LogP contribution is 2.69. The number of aromatic hydroxyl groups is 1. The number of carbonyl (C=O) groups is 5. The SMILES string of the molecule is CN(C)c1ccc(O)c2c1C[C@H]1C[C@H]3[C@H](N(C)C)C(O)=C(C(N)=O)C(=O)[C@@]3(O)C(O)=C1C2=O.C[C@]12C=CC(=O)C=C1CC[C@H]1[C@@H]3C[C@@H](O)[C@](O)(C(=O)CO)[C@@]3(C)C[C@H](O)[C@@]12F. The topological polar surface area (TPSA) is 280 Å². The van der Waals surface area contributed by atoms with Crippen molar-refractivity contribution < 1.29 is 69.2 Å². The number of ketones is 4. The molecule has 3 fully saturated rings. The standard InChI is InChI=1S/C23H27N3O7.C21H27FO6/c1-25(2)12-5-6-13(27)15-10(12)7-9-8-11-17(26(3)4)19(29)16(22(24)32)21(31)23(11,33)20(30)14(9)18(15)28;1-18-6-5-12(24)7-11(18)3-4-13-14-8-15(25)21(28,17(27)10-23)19(14,2)9-16(26)20(13,18)22/h5-6,9,11,17,27,29-30,33H,7-8H2,1-4H3,(H2,24,32);5-7,13-16,23,25-26,28H,3-4,8-10H2,1-2H3/t9-,11-,17-,23-;13-,14-,15+,16-,18-,19-,20-,21-/m00/s1. The largest absolute Gasteiger partial charge is 0.510 e. The van der Waals surface area contributed by atoms with Gasteiger partial charge in [-0.1, -0.05) is 18.6 Å². The van der Waals surface area contributed by atoms with Gasteiger partial charge in [0.15, 0.2) is 34.2 Å². The van der Waals surface area contributed by atoms with Crippen molar-refractivity contribution in [3.05, 3.63) is 69.7 Å². The normalized spacial score (nSPS) is 39.9. The van der Waals surface area contributed by atoms with Crippen LogP contribution in [-0.2, 0) is 25.6 Å². The molecule has 0 heterocycles. The number of likely N-dealkylation sites (N-methyl/N-ethyl adjacent to an activating group) is 1. The molecular formula is C44H54FN3O13. The molecule has 0 saturated heterocycles. The lowest BCUT2D eigenvalue weighted by Crippen LogP contribution is -2.69. The van der Waals surface area contributed by atoms with Crippen LogP contribution in [0.4, 0.5) is 10.1 Å². The molecule has 0 unspecified atom stereocenters. The number of alkyl halides is 1. The molecule has 17 heteroatoms. The van der Waals surface area contributed by atoms with Gasteiger partial charge >= 0.3 is 0 Å². The molecule has 7 aliphatic carbocycles. The van der Waals surface area contributed by atoms with E-state index in [4.69, 9.17) is 5.73 Å². The fourth-order valence-corrected chi connectivity index (χ4v) is 12.5. The number of carbonyl (C=O) groups excluding carboxylic acids is 5. The monoisotopic (exact) mass is 851 g/mol. The summed E-state index contributed by atoms with van der Waals surface area (Å²) in [7, 11) is 6.79. The number of nitrogens with two attached hydrogens (primary N) is 1. The van der Waals surface area contributed by atoms with Crippen LogP contribution >= 0.6 is 0 Å². The van der Waals surface area contributed by atoms with E-state index in [-0.39, 0.29) is 48.4 Å². The summed E-state index contributed by atoms with van der Waals surface area (Å²) in [6.07, 6.45) is 2.25. The van der Waals surface area contributed by atoms with Crippen molar-refractivity contribution in [1.82, 2.24) is 4.90 Å². The zero-order valence-electron chi connectivity index (χ0n) is 34.8. The highest BCUT2D eigenvalue weighted by molar-refractivity contribution is 6.25. The summed E-state index contributed by atoms with van der Waals surface area (Å²) in [4.78, 5) is 66.2. The first-order valence-corrected chi connectivity index (χ1v) is 20.3. The molecule has 7 aliphatic rings. The second-order valence-corrected chi connectivity index (χ2v) is 18.7. The Kier molecular flexibility index (Phi) is 10.4. The van der Waals surface area contributed by atoms with Gasteiger partial charge < -0.3 is 51.5 Å². The second-order valence-electron chi connectivity index (χ2n) is 18.7. The second kappa shape index (κ2) is 14.4. The molecule has 0 aromatic heterocycles. The minimum atomic E-state index is -2.63. The number of benzene rings is 1. The number of allylic oxidation sites excluding steroid dienone is 5. The number of amides is 1. The highest BCUT2D eigenvalue weighted by Gasteiger charge is 2.76. The predicted molar refractivity (Wildman–Crippen MR) is 215 cm³/mol. The Morgan fingerprint density at radius 2 is 1.61 bits per heavy atom. The number of aliphatic hydroxyl groups excluding tert-OH is 5. The Morgan fingerprint density at radius 3 is 2.20 bits per heavy atom. The molecular weight excluding hydrogens is 797 g/mol. The lowest BCUT2D eigenvalue weighted by atomic mass is 9.44. The van der Waals surface area contributed by atoms with Crippen molar-refractivity contribution in [2.24, 2.45) is 40.2 Å². The van der Waals surface area contributed by atoms with Gasteiger partial charge in [-0.25, -0.2) is 4.39 Å². The van der Waals surface area contributed by atoms with Crippen molar-refractivity contribution in [3.8, 4) is 5.75 Å². The lowest BCUT2D eigenvalue weighted by Gasteiger charge is -2.62. The number of nitrogens with zero attached hydrogens (tertiary/aromatic N) is 2. The van der Waals surface area contributed by atoms with Crippen LogP contribution in [-0.4, -0.2) is 145 Å². The number of phenolic OH excluding ortho intramolecular Hbond substituents is 1. The molecule has 0 aliphatic heterocycles. The Morgan fingerprint density at radius 1 is 0.951 bits per heavy atom. The van der Waals surface area contributed by atoms with Gasteiger partial charge in [-0.05, 0) is 101 Å². The summed E-state index contributed by atoms with van der Waals surface area (Å²) in [5, 5.41) is 86.0. The van der Waals surface area contributed by atoms with Crippen LogP contribution in [0, 0.1) is 34.5 Å². The minimum Gasteiger partial charge on any atom is -0.510 e. The van der Waals surface area contributed by atoms with E-state index in [1.807, 2.05) is 0 Å². The Bertz CT molecular complexity index is 2290. The third kappa shape index (κ3) is 5.66. The van der Waals surface area contributed by atoms with Gasteiger partial charge in [0, 0.05) is 48.0 Å². The summed E-state index contributed by atoms with van der Waals surface area (Å²) >= 11 is 0. The van der Waals surface area contributed by atoms with E-state index in [9.17, 15) is 64.8 Å². The Labute approximate surface area is 351 Å². The number of hydrogen-bond acceptors (Lipinski definition) is 15. The average molecular weight is 852 g/mol. The van der Waals surface area contributed by atoms with Crippen LogP contribution in [0.3, 0.4) is 0 Å². The zero-order chi connectivity index (χ0) is 45.3. The molecule has 1 amide bonds. The Balaban J connectivity index is 0.000000186. The first-order chi connectivity index (χ1) is 28.3. The van der Waals surface area contributed by atoms with E-state index in [0.29, 0.717) is 24.0 Å². The third-order valence-electron chi connectivity index (χ3n) is 15.5. The van der Waals surface area contributed by atoms with Gasteiger partial charge in [0.1, 0.15) is 29.4 Å². The molecule has 1 aromatic carbocycles. The van der Waals surface area contributed by atoms with Gasteiger partial charge in [-0.15, -0.1) is 0 Å². The highest BCUT2D eigenvalue weighted by atomic mass is 19.1. The van der Waals surface area contributed by atoms with Crippen molar-refractivity contribution in [2.45, 2.75) is 87.5 Å². The van der Waals surface area contributed by atoms with E-state index in [2.05, 4.69) is 0 Å². The van der Waals surface area contributed by atoms with Crippen LogP contribution in [0.2, 0.25) is 0 Å².